The first-order valence-corrected chi connectivity index (χ1v) is 3.47. The minimum Gasteiger partial charge on any atom is -0.390 e. The summed E-state index contributed by atoms with van der Waals surface area (Å²) in [5, 5.41) is 3.69. The molecule has 0 aromatic rings. The fourth-order valence-corrected chi connectivity index (χ4v) is 1.02. The van der Waals surface area contributed by atoms with Crippen LogP contribution in [0.25, 0.3) is 0 Å². The first kappa shape index (κ1) is 6.02. The Balaban J connectivity index is 2.28. The van der Waals surface area contributed by atoms with Gasteiger partial charge in [-0.2, -0.15) is 12.6 Å². The highest BCUT2D eigenvalue weighted by Crippen LogP contribution is 2.06. The highest BCUT2D eigenvalue weighted by atomic mass is 32.1. The zero-order chi connectivity index (χ0) is 5.82. The predicted octanol–water partition coefficient (Wildman–Crippen LogP) is 1.18. The Morgan fingerprint density at radius 2 is 2.50 bits per heavy atom. The second-order valence-electron chi connectivity index (χ2n) is 2.04. The number of rotatable bonds is 0. The van der Waals surface area contributed by atoms with Gasteiger partial charge in [-0.25, -0.2) is 0 Å². The lowest BCUT2D eigenvalue weighted by Gasteiger charge is -2.03. The maximum absolute atomic E-state index is 4.33. The van der Waals surface area contributed by atoms with Gasteiger partial charge in [0.05, 0.1) is 0 Å². The summed E-state index contributed by atoms with van der Waals surface area (Å²) >= 11 is 4.33. The van der Waals surface area contributed by atoms with Crippen molar-refractivity contribution in [1.82, 2.24) is 5.32 Å². The standard InChI is InChI=1S/C6H11NS/c8-6-3-1-2-4-7-5-6/h2,4,6-8H,1,3,5H2. The highest BCUT2D eigenvalue weighted by molar-refractivity contribution is 7.81. The third kappa shape index (κ3) is 1.78. The van der Waals surface area contributed by atoms with Crippen LogP contribution in [0.15, 0.2) is 12.3 Å². The Labute approximate surface area is 55.6 Å². The average molecular weight is 129 g/mol. The third-order valence-electron chi connectivity index (χ3n) is 1.26. The largest absolute Gasteiger partial charge is 0.390 e. The van der Waals surface area contributed by atoms with E-state index in [1.165, 1.54) is 12.8 Å². The summed E-state index contributed by atoms with van der Waals surface area (Å²) in [7, 11) is 0. The van der Waals surface area contributed by atoms with Crippen molar-refractivity contribution >= 4 is 12.6 Å². The second-order valence-corrected chi connectivity index (χ2v) is 2.77. The number of hydrogen-bond donors (Lipinski definition) is 2. The second kappa shape index (κ2) is 3.02. The number of thiol groups is 1. The number of nitrogens with one attached hydrogen (secondary N) is 1. The molecule has 8 heavy (non-hydrogen) atoms. The maximum atomic E-state index is 4.33. The van der Waals surface area contributed by atoms with E-state index in [0.717, 1.165) is 6.54 Å². The molecule has 1 aliphatic heterocycles. The molecule has 1 nitrogen and oxygen atoms in total. The van der Waals surface area contributed by atoms with E-state index in [1.54, 1.807) is 0 Å². The Bertz CT molecular complexity index is 80.5. The molecule has 0 aliphatic carbocycles. The van der Waals surface area contributed by atoms with E-state index in [9.17, 15) is 0 Å². The van der Waals surface area contributed by atoms with Gasteiger partial charge in [-0.05, 0) is 19.0 Å². The molecule has 0 spiro atoms. The van der Waals surface area contributed by atoms with Crippen molar-refractivity contribution in [2.45, 2.75) is 18.1 Å². The zero-order valence-electron chi connectivity index (χ0n) is 4.80. The van der Waals surface area contributed by atoms with Gasteiger partial charge in [-0.1, -0.05) is 6.08 Å². The molecule has 46 valence electrons. The lowest BCUT2D eigenvalue weighted by Crippen LogP contribution is -2.15. The smallest absolute Gasteiger partial charge is 0.0258 e. The van der Waals surface area contributed by atoms with Gasteiger partial charge in [0, 0.05) is 11.8 Å². The summed E-state index contributed by atoms with van der Waals surface area (Å²) in [4.78, 5) is 0. The Morgan fingerprint density at radius 1 is 1.62 bits per heavy atom. The molecule has 0 saturated carbocycles. The normalized spacial score (nSPS) is 28.9. The summed E-state index contributed by atoms with van der Waals surface area (Å²) in [5.41, 5.74) is 0. The number of allylic oxidation sites excluding steroid dienone is 1. The third-order valence-corrected chi connectivity index (χ3v) is 1.70. The molecule has 1 aliphatic rings. The summed E-state index contributed by atoms with van der Waals surface area (Å²) in [6, 6.07) is 0. The van der Waals surface area contributed by atoms with Gasteiger partial charge >= 0.3 is 0 Å². The van der Waals surface area contributed by atoms with Gasteiger partial charge in [0.1, 0.15) is 0 Å². The first-order chi connectivity index (χ1) is 3.89. The minimum absolute atomic E-state index is 0.546. The molecule has 1 unspecified atom stereocenters. The van der Waals surface area contributed by atoms with Crippen molar-refractivity contribution in [3.05, 3.63) is 12.3 Å². The van der Waals surface area contributed by atoms with E-state index < -0.39 is 0 Å². The van der Waals surface area contributed by atoms with E-state index in [0.29, 0.717) is 5.25 Å². The van der Waals surface area contributed by atoms with Gasteiger partial charge in [0.25, 0.3) is 0 Å². The van der Waals surface area contributed by atoms with Crippen LogP contribution in [0, 0.1) is 0 Å². The van der Waals surface area contributed by atoms with E-state index in [1.807, 2.05) is 6.20 Å². The molecule has 1 heterocycles. The fraction of sp³-hybridized carbons (Fsp3) is 0.667. The molecule has 0 bridgehead atoms. The van der Waals surface area contributed by atoms with Crippen LogP contribution in [-0.4, -0.2) is 11.8 Å². The van der Waals surface area contributed by atoms with Crippen LogP contribution in [0.1, 0.15) is 12.8 Å². The molecular formula is C6H11NS. The van der Waals surface area contributed by atoms with Gasteiger partial charge < -0.3 is 5.32 Å². The van der Waals surface area contributed by atoms with Crippen LogP contribution < -0.4 is 5.32 Å². The molecule has 1 atom stereocenters. The van der Waals surface area contributed by atoms with Crippen LogP contribution in [0.4, 0.5) is 0 Å². The SMILES string of the molecule is SC1CCC=CNC1. The predicted molar refractivity (Wildman–Crippen MR) is 39.2 cm³/mol. The van der Waals surface area contributed by atoms with Crippen LogP contribution >= 0.6 is 12.6 Å². The summed E-state index contributed by atoms with van der Waals surface area (Å²) in [6.45, 7) is 1.01. The first-order valence-electron chi connectivity index (χ1n) is 2.96. The van der Waals surface area contributed by atoms with Crippen molar-refractivity contribution in [3.8, 4) is 0 Å². The highest BCUT2D eigenvalue weighted by Gasteiger charge is 2.01. The van der Waals surface area contributed by atoms with Gasteiger partial charge in [0.15, 0.2) is 0 Å². The lowest BCUT2D eigenvalue weighted by atomic mass is 10.2. The van der Waals surface area contributed by atoms with E-state index in [2.05, 4.69) is 24.0 Å². The van der Waals surface area contributed by atoms with Crippen molar-refractivity contribution in [2.75, 3.05) is 6.54 Å². The summed E-state index contributed by atoms with van der Waals surface area (Å²) in [6.07, 6.45) is 6.53. The maximum Gasteiger partial charge on any atom is 0.0258 e. The van der Waals surface area contributed by atoms with Crippen LogP contribution in [0.3, 0.4) is 0 Å². The molecule has 0 aromatic carbocycles. The quantitative estimate of drug-likeness (QED) is 0.468. The van der Waals surface area contributed by atoms with E-state index >= 15 is 0 Å². The Kier molecular flexibility index (Phi) is 2.27. The van der Waals surface area contributed by atoms with Gasteiger partial charge in [-0.3, -0.25) is 0 Å². The Morgan fingerprint density at radius 3 is 3.38 bits per heavy atom. The fourth-order valence-electron chi connectivity index (χ4n) is 0.761. The van der Waals surface area contributed by atoms with Crippen LogP contribution in [0.5, 0.6) is 0 Å². The van der Waals surface area contributed by atoms with Crippen LogP contribution in [0.2, 0.25) is 0 Å². The molecule has 0 radical (unpaired) electrons. The van der Waals surface area contributed by atoms with Crippen molar-refractivity contribution in [3.63, 3.8) is 0 Å². The molecule has 1 rings (SSSR count). The van der Waals surface area contributed by atoms with E-state index in [4.69, 9.17) is 0 Å². The molecule has 0 fully saturated rings. The summed E-state index contributed by atoms with van der Waals surface area (Å²) in [5.74, 6) is 0. The molecule has 2 heteroatoms. The van der Waals surface area contributed by atoms with Crippen LogP contribution in [-0.2, 0) is 0 Å². The lowest BCUT2D eigenvalue weighted by molar-refractivity contribution is 0.752. The zero-order valence-corrected chi connectivity index (χ0v) is 5.70. The topological polar surface area (TPSA) is 12.0 Å². The minimum atomic E-state index is 0.546. The van der Waals surface area contributed by atoms with Crippen molar-refractivity contribution < 1.29 is 0 Å². The summed E-state index contributed by atoms with van der Waals surface area (Å²) < 4.78 is 0. The average Bonchev–Trinajstić information content (AvgIpc) is 1.94. The van der Waals surface area contributed by atoms with Gasteiger partial charge in [-0.15, -0.1) is 0 Å². The molecule has 1 N–H and O–H groups in total. The molecule has 0 aromatic heterocycles. The van der Waals surface area contributed by atoms with Crippen molar-refractivity contribution in [1.29, 1.82) is 0 Å². The molecule has 0 saturated heterocycles. The van der Waals surface area contributed by atoms with Gasteiger partial charge in [0.2, 0.25) is 0 Å². The number of hydrogen-bond acceptors (Lipinski definition) is 2. The van der Waals surface area contributed by atoms with Crippen molar-refractivity contribution in [2.24, 2.45) is 0 Å². The molecular weight excluding hydrogens is 118 g/mol. The molecule has 0 amide bonds. The monoisotopic (exact) mass is 129 g/mol. The Hall–Kier alpha value is -0.110. The van der Waals surface area contributed by atoms with E-state index in [-0.39, 0.29) is 0 Å².